The molecule has 0 aliphatic carbocycles. The van der Waals surface area contributed by atoms with Gasteiger partial charge in [0.2, 0.25) is 5.24 Å². The molecule has 0 aromatic rings. The van der Waals surface area contributed by atoms with Crippen LogP contribution in [0.25, 0.3) is 0 Å². The summed E-state index contributed by atoms with van der Waals surface area (Å²) < 4.78 is 0. The van der Waals surface area contributed by atoms with E-state index < -0.39 is 8.07 Å². The monoisotopic (exact) mass is 206 g/mol. The van der Waals surface area contributed by atoms with E-state index in [4.69, 9.17) is 11.6 Å². The number of hydrogen-bond acceptors (Lipinski definition) is 1. The first-order valence-corrected chi connectivity index (χ1v) is 8.22. The highest BCUT2D eigenvalue weighted by molar-refractivity contribution is 6.78. The van der Waals surface area contributed by atoms with Crippen LogP contribution in [0.4, 0.5) is 0 Å². The summed E-state index contributed by atoms with van der Waals surface area (Å²) in [6.45, 7) is 6.93. The van der Waals surface area contributed by atoms with Gasteiger partial charge in [-0.15, -0.1) is 0 Å². The zero-order chi connectivity index (χ0) is 9.61. The predicted molar refractivity (Wildman–Crippen MR) is 57.5 cm³/mol. The lowest BCUT2D eigenvalue weighted by molar-refractivity contribution is -0.111. The summed E-state index contributed by atoms with van der Waals surface area (Å²) in [5.41, 5.74) is 0. The molecule has 0 atom stereocenters. The Bertz CT molecular complexity index is 143. The van der Waals surface area contributed by atoms with E-state index in [2.05, 4.69) is 20.4 Å². The Morgan fingerprint density at radius 2 is 1.83 bits per heavy atom. The van der Waals surface area contributed by atoms with E-state index in [-0.39, 0.29) is 5.24 Å². The fraction of sp³-hybridized carbons (Fsp3) is 0.889. The molecule has 0 aliphatic heterocycles. The number of rotatable bonds is 6. The molecule has 0 aromatic heterocycles. The summed E-state index contributed by atoms with van der Waals surface area (Å²) in [6.07, 6.45) is 1.55. The summed E-state index contributed by atoms with van der Waals surface area (Å²) in [5.74, 6) is 0. The minimum Gasteiger partial charge on any atom is -0.281 e. The number of carbonyl (C=O) groups excluding carboxylic acids is 1. The van der Waals surface area contributed by atoms with Gasteiger partial charge in [0.25, 0.3) is 0 Å². The first-order valence-electron chi connectivity index (χ1n) is 4.72. The van der Waals surface area contributed by atoms with Crippen molar-refractivity contribution in [1.29, 1.82) is 0 Å². The van der Waals surface area contributed by atoms with E-state index in [1.807, 2.05) is 0 Å². The van der Waals surface area contributed by atoms with Gasteiger partial charge < -0.3 is 0 Å². The molecule has 0 rings (SSSR count). The van der Waals surface area contributed by atoms with Crippen LogP contribution in [-0.4, -0.2) is 13.3 Å². The molecule has 0 fully saturated rings. The fourth-order valence-corrected chi connectivity index (χ4v) is 3.63. The third-order valence-electron chi connectivity index (χ3n) is 2.86. The Balaban J connectivity index is 3.65. The molecule has 3 heteroatoms. The lowest BCUT2D eigenvalue weighted by atomic mass is 10.4. The largest absolute Gasteiger partial charge is 0.281 e. The van der Waals surface area contributed by atoms with E-state index in [0.717, 1.165) is 6.42 Å². The Hall–Kier alpha value is 0.177. The minimum absolute atomic E-state index is 0.182. The molecule has 0 N–H and O–H groups in total. The Morgan fingerprint density at radius 3 is 2.17 bits per heavy atom. The van der Waals surface area contributed by atoms with Crippen LogP contribution in [0.1, 0.15) is 26.7 Å². The molecule has 0 saturated carbocycles. The summed E-state index contributed by atoms with van der Waals surface area (Å²) in [7, 11) is -0.975. The highest BCUT2D eigenvalue weighted by Crippen LogP contribution is 2.22. The molecular formula is C9H19ClOSi. The molecule has 0 spiro atoms. The summed E-state index contributed by atoms with van der Waals surface area (Å²) >= 11 is 5.27. The van der Waals surface area contributed by atoms with E-state index in [1.165, 1.54) is 18.1 Å². The van der Waals surface area contributed by atoms with Crippen molar-refractivity contribution in [2.75, 3.05) is 0 Å². The number of halogens is 1. The van der Waals surface area contributed by atoms with Crippen molar-refractivity contribution in [3.63, 3.8) is 0 Å². The molecule has 0 aliphatic rings. The third-order valence-corrected chi connectivity index (χ3v) is 8.02. The van der Waals surface area contributed by atoms with Gasteiger partial charge in [0.1, 0.15) is 0 Å². The maximum Gasteiger partial charge on any atom is 0.221 e. The van der Waals surface area contributed by atoms with Crippen molar-refractivity contribution in [1.82, 2.24) is 0 Å². The van der Waals surface area contributed by atoms with Gasteiger partial charge in [0.15, 0.2) is 0 Å². The topological polar surface area (TPSA) is 17.1 Å². The van der Waals surface area contributed by atoms with Crippen molar-refractivity contribution >= 4 is 24.9 Å². The summed E-state index contributed by atoms with van der Waals surface area (Å²) in [6, 6.07) is 3.89. The maximum absolute atomic E-state index is 10.5. The van der Waals surface area contributed by atoms with Crippen molar-refractivity contribution in [3.8, 4) is 0 Å². The average molecular weight is 207 g/mol. The molecule has 0 saturated heterocycles. The Kier molecular flexibility index (Phi) is 5.84. The number of carbonyl (C=O) groups is 1. The highest BCUT2D eigenvalue weighted by atomic mass is 35.5. The molecular weight excluding hydrogens is 188 g/mol. The summed E-state index contributed by atoms with van der Waals surface area (Å²) in [4.78, 5) is 10.5. The molecule has 0 amide bonds. The maximum atomic E-state index is 10.5. The fourth-order valence-electron chi connectivity index (χ4n) is 1.26. The van der Waals surface area contributed by atoms with Gasteiger partial charge in [-0.2, -0.15) is 0 Å². The lowest BCUT2D eigenvalue weighted by Crippen LogP contribution is -2.27. The second-order valence-corrected chi connectivity index (χ2v) is 9.68. The predicted octanol–water partition coefficient (Wildman–Crippen LogP) is 3.65. The first-order chi connectivity index (χ1) is 5.54. The molecule has 0 radical (unpaired) electrons. The molecule has 0 unspecified atom stereocenters. The zero-order valence-electron chi connectivity index (χ0n) is 8.32. The van der Waals surface area contributed by atoms with Gasteiger partial charge in [-0.3, -0.25) is 4.79 Å². The third kappa shape index (κ3) is 4.94. The Morgan fingerprint density at radius 1 is 1.33 bits per heavy atom. The van der Waals surface area contributed by atoms with Crippen molar-refractivity contribution in [2.45, 2.75) is 51.4 Å². The van der Waals surface area contributed by atoms with Crippen LogP contribution in [-0.2, 0) is 4.79 Å². The van der Waals surface area contributed by atoms with Crippen LogP contribution in [0.2, 0.25) is 24.7 Å². The van der Waals surface area contributed by atoms with Crippen LogP contribution in [0.3, 0.4) is 0 Å². The molecule has 0 bridgehead atoms. The Labute approximate surface area is 81.5 Å². The van der Waals surface area contributed by atoms with Crippen molar-refractivity contribution < 1.29 is 4.79 Å². The number of hydrogen-bond donors (Lipinski definition) is 0. The van der Waals surface area contributed by atoms with Gasteiger partial charge in [0, 0.05) is 14.5 Å². The molecule has 12 heavy (non-hydrogen) atoms. The van der Waals surface area contributed by atoms with Crippen LogP contribution in [0.5, 0.6) is 0 Å². The van der Waals surface area contributed by atoms with Crippen molar-refractivity contribution in [3.05, 3.63) is 0 Å². The SMILES string of the molecule is CC[Si](C)(CC)CCCC(=O)Cl. The minimum atomic E-state index is -0.975. The first kappa shape index (κ1) is 12.2. The van der Waals surface area contributed by atoms with Crippen molar-refractivity contribution in [2.24, 2.45) is 0 Å². The van der Waals surface area contributed by atoms with Crippen LogP contribution >= 0.6 is 11.6 Å². The van der Waals surface area contributed by atoms with Gasteiger partial charge in [-0.25, -0.2) is 0 Å². The van der Waals surface area contributed by atoms with Crippen LogP contribution < -0.4 is 0 Å². The van der Waals surface area contributed by atoms with Crippen LogP contribution in [0, 0.1) is 0 Å². The van der Waals surface area contributed by atoms with Gasteiger partial charge in [0.05, 0.1) is 0 Å². The van der Waals surface area contributed by atoms with E-state index in [9.17, 15) is 4.79 Å². The van der Waals surface area contributed by atoms with Gasteiger partial charge in [-0.1, -0.05) is 38.5 Å². The smallest absolute Gasteiger partial charge is 0.221 e. The quantitative estimate of drug-likeness (QED) is 0.479. The zero-order valence-corrected chi connectivity index (χ0v) is 10.1. The highest BCUT2D eigenvalue weighted by Gasteiger charge is 2.21. The standard InChI is InChI=1S/C9H19ClOSi/c1-4-12(3,5-2)8-6-7-9(10)11/h4-8H2,1-3H3. The van der Waals surface area contributed by atoms with E-state index in [1.54, 1.807) is 0 Å². The van der Waals surface area contributed by atoms with Gasteiger partial charge in [-0.05, 0) is 18.0 Å². The molecule has 0 heterocycles. The summed E-state index contributed by atoms with van der Waals surface area (Å²) in [5, 5.41) is -0.182. The lowest BCUT2D eigenvalue weighted by Gasteiger charge is -2.23. The molecule has 1 nitrogen and oxygen atoms in total. The van der Waals surface area contributed by atoms with Crippen LogP contribution in [0.15, 0.2) is 0 Å². The second-order valence-electron chi connectivity index (χ2n) is 3.73. The van der Waals surface area contributed by atoms with E-state index in [0.29, 0.717) is 6.42 Å². The molecule has 72 valence electrons. The molecule has 0 aromatic carbocycles. The van der Waals surface area contributed by atoms with Gasteiger partial charge >= 0.3 is 0 Å². The normalized spacial score (nSPS) is 11.7. The average Bonchev–Trinajstić information content (AvgIpc) is 2.03. The second kappa shape index (κ2) is 5.76. The van der Waals surface area contributed by atoms with E-state index >= 15 is 0 Å².